The van der Waals surface area contributed by atoms with Gasteiger partial charge < -0.3 is 14.9 Å². The van der Waals surface area contributed by atoms with Crippen molar-refractivity contribution in [2.75, 3.05) is 12.0 Å². The second kappa shape index (κ2) is 8.55. The molecule has 168 valence electrons. The van der Waals surface area contributed by atoms with Crippen LogP contribution in [0.2, 0.25) is 5.02 Å². The molecule has 33 heavy (non-hydrogen) atoms. The van der Waals surface area contributed by atoms with E-state index >= 15 is 0 Å². The Balaban J connectivity index is 1.95. The van der Waals surface area contributed by atoms with E-state index in [1.165, 1.54) is 49.6 Å². The Kier molecular flexibility index (Phi) is 5.78. The Hall–Kier alpha value is -3.91. The van der Waals surface area contributed by atoms with Crippen molar-refractivity contribution in [3.8, 4) is 11.5 Å². The molecule has 0 aliphatic carbocycles. The van der Waals surface area contributed by atoms with Gasteiger partial charge in [-0.05, 0) is 48.0 Å². The molecule has 1 unspecified atom stereocenters. The normalized spacial score (nSPS) is 17.5. The third-order valence-electron chi connectivity index (χ3n) is 5.26. The summed E-state index contributed by atoms with van der Waals surface area (Å²) in [6.45, 7) is 0. The van der Waals surface area contributed by atoms with Crippen LogP contribution in [0.1, 0.15) is 17.2 Å². The molecule has 0 spiro atoms. The van der Waals surface area contributed by atoms with Gasteiger partial charge in [-0.25, -0.2) is 8.78 Å². The molecule has 3 aromatic rings. The number of carbonyl (C=O) groups is 2. The first-order valence-electron chi connectivity index (χ1n) is 9.61. The fourth-order valence-electron chi connectivity index (χ4n) is 3.67. The van der Waals surface area contributed by atoms with Crippen LogP contribution in [0.3, 0.4) is 0 Å². The first kappa shape index (κ1) is 22.3. The molecule has 1 heterocycles. The fourth-order valence-corrected chi connectivity index (χ4v) is 3.86. The number of benzene rings is 3. The number of halogens is 3. The number of phenols is 1. The van der Waals surface area contributed by atoms with E-state index in [4.69, 9.17) is 16.3 Å². The van der Waals surface area contributed by atoms with Crippen LogP contribution in [0.15, 0.2) is 66.2 Å². The Morgan fingerprint density at radius 3 is 2.33 bits per heavy atom. The van der Waals surface area contributed by atoms with Crippen LogP contribution in [0.5, 0.6) is 11.5 Å². The number of hydrogen-bond donors (Lipinski definition) is 2. The summed E-state index contributed by atoms with van der Waals surface area (Å²) in [4.78, 5) is 27.0. The number of Topliss-reactive ketones (excluding diaryl/α,β-unsaturated/α-hetero) is 1. The summed E-state index contributed by atoms with van der Waals surface area (Å²) in [6.07, 6.45) is 0. The lowest BCUT2D eigenvalue weighted by Gasteiger charge is -2.25. The van der Waals surface area contributed by atoms with Gasteiger partial charge >= 0.3 is 0 Å². The summed E-state index contributed by atoms with van der Waals surface area (Å²) in [5.41, 5.74) is 0.143. The van der Waals surface area contributed by atoms with Crippen molar-refractivity contribution < 1.29 is 33.3 Å². The SMILES string of the molecule is COc1cc(/C(O)=C2\C(=O)C(=O)N(c3ccc(F)c(F)c3)C2c2ccc(O)cc2)ccc1Cl. The number of aliphatic hydroxyl groups is 1. The molecule has 0 saturated carbocycles. The second-order valence-corrected chi connectivity index (χ2v) is 7.62. The second-order valence-electron chi connectivity index (χ2n) is 7.21. The number of ether oxygens (including phenoxy) is 1. The molecule has 1 amide bonds. The van der Waals surface area contributed by atoms with Gasteiger partial charge in [0.2, 0.25) is 0 Å². The summed E-state index contributed by atoms with van der Waals surface area (Å²) < 4.78 is 32.6. The smallest absolute Gasteiger partial charge is 0.300 e. The number of amides is 1. The van der Waals surface area contributed by atoms with Crippen molar-refractivity contribution in [1.29, 1.82) is 0 Å². The van der Waals surface area contributed by atoms with Crippen molar-refractivity contribution in [2.24, 2.45) is 0 Å². The topological polar surface area (TPSA) is 87.1 Å². The standard InChI is InChI=1S/C24H16ClF2NO5/c1-33-19-10-13(4-8-16(19)25)22(30)20-21(12-2-6-15(29)7-3-12)28(24(32)23(20)31)14-5-9-17(26)18(27)11-14/h2-11,21,29-30H,1H3/b22-20+. The summed E-state index contributed by atoms with van der Waals surface area (Å²) in [7, 11) is 1.38. The molecule has 4 rings (SSSR count). The predicted molar refractivity (Wildman–Crippen MR) is 117 cm³/mol. The van der Waals surface area contributed by atoms with Gasteiger partial charge in [-0.2, -0.15) is 0 Å². The molecule has 1 atom stereocenters. The van der Waals surface area contributed by atoms with E-state index in [0.717, 1.165) is 23.1 Å². The van der Waals surface area contributed by atoms with E-state index in [0.29, 0.717) is 5.56 Å². The van der Waals surface area contributed by atoms with Crippen LogP contribution in [-0.4, -0.2) is 29.0 Å². The number of phenolic OH excluding ortho intramolecular Hbond substituents is 1. The molecule has 1 aliphatic heterocycles. The van der Waals surface area contributed by atoms with Gasteiger partial charge in [-0.15, -0.1) is 0 Å². The number of aromatic hydroxyl groups is 1. The van der Waals surface area contributed by atoms with Gasteiger partial charge in [0.15, 0.2) is 11.6 Å². The minimum Gasteiger partial charge on any atom is -0.508 e. The molecule has 0 radical (unpaired) electrons. The quantitative estimate of drug-likeness (QED) is 0.319. The zero-order chi connectivity index (χ0) is 23.9. The zero-order valence-electron chi connectivity index (χ0n) is 17.1. The average molecular weight is 472 g/mol. The number of rotatable bonds is 4. The number of anilines is 1. The molecule has 3 aromatic carbocycles. The Morgan fingerprint density at radius 2 is 1.70 bits per heavy atom. The molecule has 0 bridgehead atoms. The number of aliphatic hydroxyl groups excluding tert-OH is 1. The first-order chi connectivity index (χ1) is 15.7. The van der Waals surface area contributed by atoms with E-state index in [1.54, 1.807) is 0 Å². The summed E-state index contributed by atoms with van der Waals surface area (Å²) in [5.74, 6) is -4.73. The lowest BCUT2D eigenvalue weighted by atomic mass is 9.95. The number of carbonyl (C=O) groups excluding carboxylic acids is 2. The highest BCUT2D eigenvalue weighted by molar-refractivity contribution is 6.51. The van der Waals surface area contributed by atoms with Crippen molar-refractivity contribution in [1.82, 2.24) is 0 Å². The van der Waals surface area contributed by atoms with E-state index in [9.17, 15) is 28.6 Å². The van der Waals surface area contributed by atoms with E-state index in [-0.39, 0.29) is 33.3 Å². The Morgan fingerprint density at radius 1 is 1.00 bits per heavy atom. The number of ketones is 1. The number of hydrogen-bond acceptors (Lipinski definition) is 5. The third-order valence-corrected chi connectivity index (χ3v) is 5.57. The number of nitrogens with zero attached hydrogens (tertiary/aromatic N) is 1. The third kappa shape index (κ3) is 3.89. The number of methoxy groups -OCH3 is 1. The molecule has 9 heteroatoms. The predicted octanol–water partition coefficient (Wildman–Crippen LogP) is 4.96. The van der Waals surface area contributed by atoms with Crippen LogP contribution >= 0.6 is 11.6 Å². The van der Waals surface area contributed by atoms with Crippen molar-refractivity contribution >= 4 is 34.7 Å². The molecular formula is C24H16ClF2NO5. The minimum absolute atomic E-state index is 0.0639. The van der Waals surface area contributed by atoms with Crippen molar-refractivity contribution in [3.05, 3.63) is 94.0 Å². The lowest BCUT2D eigenvalue weighted by Crippen LogP contribution is -2.29. The average Bonchev–Trinajstić information content (AvgIpc) is 3.06. The summed E-state index contributed by atoms with van der Waals surface area (Å²) in [6, 6.07) is 11.5. The summed E-state index contributed by atoms with van der Waals surface area (Å²) in [5, 5.41) is 21.0. The Bertz CT molecular complexity index is 1310. The highest BCUT2D eigenvalue weighted by Crippen LogP contribution is 2.43. The van der Waals surface area contributed by atoms with Gasteiger partial charge in [0.05, 0.1) is 23.7 Å². The highest BCUT2D eigenvalue weighted by atomic mass is 35.5. The van der Waals surface area contributed by atoms with E-state index < -0.39 is 35.1 Å². The summed E-state index contributed by atoms with van der Waals surface area (Å²) >= 11 is 6.04. The maximum Gasteiger partial charge on any atom is 0.300 e. The largest absolute Gasteiger partial charge is 0.508 e. The van der Waals surface area contributed by atoms with Crippen LogP contribution in [0.25, 0.3) is 5.76 Å². The van der Waals surface area contributed by atoms with E-state index in [2.05, 4.69) is 0 Å². The zero-order valence-corrected chi connectivity index (χ0v) is 17.8. The molecule has 1 fully saturated rings. The van der Waals surface area contributed by atoms with Crippen LogP contribution in [-0.2, 0) is 9.59 Å². The molecule has 1 aliphatic rings. The maximum absolute atomic E-state index is 14.0. The van der Waals surface area contributed by atoms with Gasteiger partial charge in [-0.3, -0.25) is 14.5 Å². The van der Waals surface area contributed by atoms with E-state index in [1.807, 2.05) is 0 Å². The molecule has 2 N–H and O–H groups in total. The van der Waals surface area contributed by atoms with Crippen LogP contribution in [0.4, 0.5) is 14.5 Å². The lowest BCUT2D eigenvalue weighted by molar-refractivity contribution is -0.132. The molecule has 0 aromatic heterocycles. The van der Waals surface area contributed by atoms with Crippen LogP contribution < -0.4 is 9.64 Å². The first-order valence-corrected chi connectivity index (χ1v) is 9.99. The minimum atomic E-state index is -1.21. The fraction of sp³-hybridized carbons (Fsp3) is 0.0833. The molecule has 6 nitrogen and oxygen atoms in total. The Labute approximate surface area is 191 Å². The monoisotopic (exact) mass is 471 g/mol. The van der Waals surface area contributed by atoms with Crippen molar-refractivity contribution in [2.45, 2.75) is 6.04 Å². The van der Waals surface area contributed by atoms with Gasteiger partial charge in [0, 0.05) is 17.3 Å². The molecular weight excluding hydrogens is 456 g/mol. The maximum atomic E-state index is 14.0. The van der Waals surface area contributed by atoms with Crippen LogP contribution in [0, 0.1) is 11.6 Å². The van der Waals surface area contributed by atoms with Crippen molar-refractivity contribution in [3.63, 3.8) is 0 Å². The highest BCUT2D eigenvalue weighted by Gasteiger charge is 2.47. The van der Waals surface area contributed by atoms with Gasteiger partial charge in [0.25, 0.3) is 11.7 Å². The van der Waals surface area contributed by atoms with Gasteiger partial charge in [0.1, 0.15) is 17.3 Å². The molecule has 1 saturated heterocycles. The van der Waals surface area contributed by atoms with Gasteiger partial charge in [-0.1, -0.05) is 23.7 Å².